The Morgan fingerprint density at radius 3 is 2.67 bits per heavy atom. The second-order valence-electron chi connectivity index (χ2n) is 5.25. The number of para-hydroxylation sites is 1. The predicted molar refractivity (Wildman–Crippen MR) is 96.4 cm³/mol. The fraction of sp³-hybridized carbons (Fsp3) is 0.158. The van der Waals surface area contributed by atoms with E-state index in [0.717, 1.165) is 15.3 Å². The monoisotopic (exact) mass is 336 g/mol. The van der Waals surface area contributed by atoms with Crippen LogP contribution < -0.4 is 10.3 Å². The molecule has 4 nitrogen and oxygen atoms in total. The standard InChI is InChI=1S/C19H16N2O2S/c1-3-23-17-7-5-4-6-13(17)14-10-16(18-9-8-12(2)24-18)21-19(22)15(14)11-20/h4-10H,3H2,1-2H3,(H,21,22). The molecule has 0 radical (unpaired) electrons. The van der Waals surface area contributed by atoms with Crippen LogP contribution in [0.5, 0.6) is 5.75 Å². The number of hydrogen-bond donors (Lipinski definition) is 1. The third-order valence-corrected chi connectivity index (χ3v) is 4.66. The van der Waals surface area contributed by atoms with Gasteiger partial charge in [0.2, 0.25) is 0 Å². The normalized spacial score (nSPS) is 10.4. The molecule has 2 aromatic heterocycles. The molecule has 0 fully saturated rings. The van der Waals surface area contributed by atoms with E-state index >= 15 is 0 Å². The van der Waals surface area contributed by atoms with E-state index in [1.807, 2.05) is 62.4 Å². The zero-order chi connectivity index (χ0) is 17.1. The Morgan fingerprint density at radius 1 is 1.21 bits per heavy atom. The summed E-state index contributed by atoms with van der Waals surface area (Å²) in [5, 5.41) is 9.44. The Balaban J connectivity index is 2.26. The number of rotatable bonds is 4. The molecule has 0 unspecified atom stereocenters. The highest BCUT2D eigenvalue weighted by Gasteiger charge is 2.16. The van der Waals surface area contributed by atoms with Crippen molar-refractivity contribution in [3.8, 4) is 33.5 Å². The smallest absolute Gasteiger partial charge is 0.266 e. The number of pyridine rings is 1. The van der Waals surface area contributed by atoms with Crippen molar-refractivity contribution in [1.29, 1.82) is 5.26 Å². The molecule has 0 aliphatic carbocycles. The highest BCUT2D eigenvalue weighted by Crippen LogP contribution is 2.34. The molecule has 2 heterocycles. The Hall–Kier alpha value is -2.84. The van der Waals surface area contributed by atoms with Crippen molar-refractivity contribution in [2.75, 3.05) is 6.61 Å². The lowest BCUT2D eigenvalue weighted by Gasteiger charge is -2.12. The van der Waals surface area contributed by atoms with E-state index in [0.29, 0.717) is 23.6 Å². The summed E-state index contributed by atoms with van der Waals surface area (Å²) in [5.41, 5.74) is 1.75. The molecule has 3 aromatic rings. The highest BCUT2D eigenvalue weighted by molar-refractivity contribution is 7.15. The summed E-state index contributed by atoms with van der Waals surface area (Å²) >= 11 is 1.60. The molecule has 1 N–H and O–H groups in total. The van der Waals surface area contributed by atoms with Crippen molar-refractivity contribution >= 4 is 11.3 Å². The fourth-order valence-corrected chi connectivity index (χ4v) is 3.40. The van der Waals surface area contributed by atoms with Crippen molar-refractivity contribution in [3.63, 3.8) is 0 Å². The number of nitriles is 1. The third kappa shape index (κ3) is 2.97. The van der Waals surface area contributed by atoms with E-state index in [1.54, 1.807) is 11.3 Å². The molecular formula is C19H16N2O2S. The largest absolute Gasteiger partial charge is 0.493 e. The van der Waals surface area contributed by atoms with Crippen LogP contribution in [0, 0.1) is 18.3 Å². The number of benzene rings is 1. The molecule has 24 heavy (non-hydrogen) atoms. The van der Waals surface area contributed by atoms with Crippen molar-refractivity contribution in [2.24, 2.45) is 0 Å². The van der Waals surface area contributed by atoms with Gasteiger partial charge < -0.3 is 9.72 Å². The summed E-state index contributed by atoms with van der Waals surface area (Å²) in [6.45, 7) is 4.43. The zero-order valence-corrected chi connectivity index (χ0v) is 14.2. The Morgan fingerprint density at radius 2 is 2.00 bits per heavy atom. The summed E-state index contributed by atoms with van der Waals surface area (Å²) in [6, 6.07) is 15.3. The zero-order valence-electron chi connectivity index (χ0n) is 13.4. The number of H-pyrrole nitrogens is 1. The topological polar surface area (TPSA) is 65.9 Å². The van der Waals surface area contributed by atoms with E-state index in [2.05, 4.69) is 4.98 Å². The molecule has 0 aliphatic rings. The predicted octanol–water partition coefficient (Wildman–Crippen LogP) is 4.35. The minimum absolute atomic E-state index is 0.0965. The second kappa shape index (κ2) is 6.73. The number of thiophene rings is 1. The van der Waals surface area contributed by atoms with Crippen molar-refractivity contribution < 1.29 is 4.74 Å². The van der Waals surface area contributed by atoms with E-state index in [-0.39, 0.29) is 11.1 Å². The van der Waals surface area contributed by atoms with Gasteiger partial charge in [-0.05, 0) is 38.1 Å². The maximum absolute atomic E-state index is 12.4. The van der Waals surface area contributed by atoms with Gasteiger partial charge in [0, 0.05) is 16.0 Å². The number of aromatic nitrogens is 1. The molecular weight excluding hydrogens is 320 g/mol. The maximum Gasteiger partial charge on any atom is 0.266 e. The average Bonchev–Trinajstić information content (AvgIpc) is 3.01. The first kappa shape index (κ1) is 16.0. The molecule has 120 valence electrons. The fourth-order valence-electron chi connectivity index (χ4n) is 2.57. The van der Waals surface area contributed by atoms with Gasteiger partial charge in [0.05, 0.1) is 17.2 Å². The Bertz CT molecular complexity index is 980. The number of nitrogens with one attached hydrogen (secondary N) is 1. The van der Waals surface area contributed by atoms with Crippen LogP contribution in [0.1, 0.15) is 17.4 Å². The molecule has 0 aliphatic heterocycles. The number of nitrogens with zero attached hydrogens (tertiary/aromatic N) is 1. The first-order valence-electron chi connectivity index (χ1n) is 7.60. The van der Waals surface area contributed by atoms with E-state index < -0.39 is 0 Å². The quantitative estimate of drug-likeness (QED) is 0.770. The van der Waals surface area contributed by atoms with Crippen LogP contribution >= 0.6 is 11.3 Å². The van der Waals surface area contributed by atoms with Crippen LogP contribution in [-0.2, 0) is 0 Å². The van der Waals surface area contributed by atoms with Crippen LogP contribution in [-0.4, -0.2) is 11.6 Å². The van der Waals surface area contributed by atoms with Gasteiger partial charge in [-0.3, -0.25) is 4.79 Å². The van der Waals surface area contributed by atoms with Gasteiger partial charge in [-0.15, -0.1) is 11.3 Å². The summed E-state index contributed by atoms with van der Waals surface area (Å²) < 4.78 is 5.66. The third-order valence-electron chi connectivity index (χ3n) is 3.63. The van der Waals surface area contributed by atoms with Gasteiger partial charge in [-0.25, -0.2) is 0 Å². The molecule has 0 bridgehead atoms. The van der Waals surface area contributed by atoms with E-state index in [4.69, 9.17) is 4.74 Å². The highest BCUT2D eigenvalue weighted by atomic mass is 32.1. The van der Waals surface area contributed by atoms with Gasteiger partial charge in [-0.2, -0.15) is 5.26 Å². The van der Waals surface area contributed by atoms with Crippen molar-refractivity contribution in [1.82, 2.24) is 4.98 Å². The lowest BCUT2D eigenvalue weighted by Crippen LogP contribution is -2.12. The molecule has 3 rings (SSSR count). The van der Waals surface area contributed by atoms with Gasteiger partial charge >= 0.3 is 0 Å². The molecule has 0 spiro atoms. The van der Waals surface area contributed by atoms with Gasteiger partial charge in [-0.1, -0.05) is 18.2 Å². The van der Waals surface area contributed by atoms with Crippen LogP contribution in [0.25, 0.3) is 21.7 Å². The second-order valence-corrected chi connectivity index (χ2v) is 6.54. The minimum atomic E-state index is -0.387. The van der Waals surface area contributed by atoms with Gasteiger partial charge in [0.15, 0.2) is 0 Å². The summed E-state index contributed by atoms with van der Waals surface area (Å²) in [6.07, 6.45) is 0. The molecule has 0 atom stereocenters. The van der Waals surface area contributed by atoms with Crippen molar-refractivity contribution in [2.45, 2.75) is 13.8 Å². The molecule has 0 saturated heterocycles. The SMILES string of the molecule is CCOc1ccccc1-c1cc(-c2ccc(C)s2)[nH]c(=O)c1C#N. The first-order chi connectivity index (χ1) is 11.6. The molecule has 1 aromatic carbocycles. The van der Waals surface area contributed by atoms with E-state index in [9.17, 15) is 10.1 Å². The average molecular weight is 336 g/mol. The van der Waals surface area contributed by atoms with E-state index in [1.165, 1.54) is 0 Å². The molecule has 5 heteroatoms. The number of ether oxygens (including phenoxy) is 1. The van der Waals surface area contributed by atoms with Gasteiger partial charge in [0.1, 0.15) is 17.4 Å². The lowest BCUT2D eigenvalue weighted by atomic mass is 9.99. The Kier molecular flexibility index (Phi) is 4.50. The van der Waals surface area contributed by atoms with Gasteiger partial charge in [0.25, 0.3) is 5.56 Å². The number of aromatic amines is 1. The van der Waals surface area contributed by atoms with Crippen LogP contribution in [0.4, 0.5) is 0 Å². The summed E-state index contributed by atoms with van der Waals surface area (Å²) in [7, 11) is 0. The molecule has 0 saturated carbocycles. The van der Waals surface area contributed by atoms with Crippen LogP contribution in [0.3, 0.4) is 0 Å². The summed E-state index contributed by atoms with van der Waals surface area (Å²) in [4.78, 5) is 17.3. The minimum Gasteiger partial charge on any atom is -0.493 e. The maximum atomic E-state index is 12.4. The lowest BCUT2D eigenvalue weighted by molar-refractivity contribution is 0.341. The van der Waals surface area contributed by atoms with Crippen LogP contribution in [0.2, 0.25) is 0 Å². The Labute approximate surface area is 144 Å². The first-order valence-corrected chi connectivity index (χ1v) is 8.42. The number of hydrogen-bond acceptors (Lipinski definition) is 4. The summed E-state index contributed by atoms with van der Waals surface area (Å²) in [5.74, 6) is 0.662. The van der Waals surface area contributed by atoms with Crippen LogP contribution in [0.15, 0.2) is 47.3 Å². The van der Waals surface area contributed by atoms with Crippen molar-refractivity contribution in [3.05, 3.63) is 63.3 Å². The number of aryl methyl sites for hydroxylation is 1. The molecule has 0 amide bonds.